The van der Waals surface area contributed by atoms with Gasteiger partial charge >= 0.3 is 0 Å². The highest BCUT2D eigenvalue weighted by molar-refractivity contribution is 5.27. The lowest BCUT2D eigenvalue weighted by Crippen LogP contribution is -2.27. The van der Waals surface area contributed by atoms with Crippen LogP contribution in [0.3, 0.4) is 0 Å². The molecule has 0 saturated carbocycles. The van der Waals surface area contributed by atoms with E-state index in [1.165, 1.54) is 0 Å². The number of nitrogens with one attached hydrogen (secondary N) is 1. The van der Waals surface area contributed by atoms with Gasteiger partial charge in [-0.25, -0.2) is 0 Å². The Morgan fingerprint density at radius 3 is 2.42 bits per heavy atom. The third-order valence-electron chi connectivity index (χ3n) is 1.90. The molecular formula is C9H14N2O. The number of rotatable bonds is 3. The molecule has 66 valence electrons. The zero-order valence-corrected chi connectivity index (χ0v) is 7.12. The maximum Gasteiger partial charge on any atom is 0.115 e. The number of hydrazine groups is 1. The van der Waals surface area contributed by atoms with Crippen LogP contribution < -0.4 is 11.3 Å². The highest BCUT2D eigenvalue weighted by Crippen LogP contribution is 2.18. The molecule has 3 heteroatoms. The van der Waals surface area contributed by atoms with Crippen LogP contribution in [0.4, 0.5) is 0 Å². The van der Waals surface area contributed by atoms with Crippen molar-refractivity contribution < 1.29 is 5.11 Å². The van der Waals surface area contributed by atoms with Crippen LogP contribution in [-0.4, -0.2) is 5.11 Å². The van der Waals surface area contributed by atoms with Gasteiger partial charge in [-0.2, -0.15) is 0 Å². The van der Waals surface area contributed by atoms with Crippen molar-refractivity contribution in [3.8, 4) is 5.75 Å². The van der Waals surface area contributed by atoms with Crippen molar-refractivity contribution in [3.63, 3.8) is 0 Å². The second-order valence-corrected chi connectivity index (χ2v) is 2.72. The van der Waals surface area contributed by atoms with Crippen LogP contribution >= 0.6 is 0 Å². The van der Waals surface area contributed by atoms with Gasteiger partial charge in [0.05, 0.1) is 0 Å². The summed E-state index contributed by atoms with van der Waals surface area (Å²) in [6, 6.07) is 7.22. The van der Waals surface area contributed by atoms with Crippen LogP contribution in [0.5, 0.6) is 5.75 Å². The molecule has 0 aliphatic heterocycles. The lowest BCUT2D eigenvalue weighted by molar-refractivity contribution is 0.473. The van der Waals surface area contributed by atoms with E-state index in [4.69, 9.17) is 10.9 Å². The molecule has 0 radical (unpaired) electrons. The second kappa shape index (κ2) is 4.09. The largest absolute Gasteiger partial charge is 0.508 e. The lowest BCUT2D eigenvalue weighted by Gasteiger charge is -2.13. The molecule has 0 heterocycles. The highest BCUT2D eigenvalue weighted by atomic mass is 16.3. The zero-order chi connectivity index (χ0) is 8.97. The first-order valence-electron chi connectivity index (χ1n) is 4.03. The number of hydrogen-bond acceptors (Lipinski definition) is 3. The molecule has 0 saturated heterocycles. The summed E-state index contributed by atoms with van der Waals surface area (Å²) in [4.78, 5) is 0. The smallest absolute Gasteiger partial charge is 0.115 e. The molecule has 1 aromatic carbocycles. The van der Waals surface area contributed by atoms with Gasteiger partial charge in [-0.1, -0.05) is 19.1 Å². The molecule has 4 N–H and O–H groups in total. The van der Waals surface area contributed by atoms with Crippen molar-refractivity contribution in [2.24, 2.45) is 5.84 Å². The topological polar surface area (TPSA) is 58.3 Å². The Labute approximate surface area is 72.2 Å². The minimum Gasteiger partial charge on any atom is -0.508 e. The standard InChI is InChI=1S/C9H14N2O/c1-2-9(11-10)7-3-5-8(12)6-4-7/h3-6,9,11-12H,2,10H2,1H3/t9-/m1/s1. The molecule has 0 bridgehead atoms. The van der Waals surface area contributed by atoms with Gasteiger partial charge in [-0.15, -0.1) is 0 Å². The predicted octanol–water partition coefficient (Wildman–Crippen LogP) is 1.31. The SMILES string of the molecule is CC[C@@H](NN)c1ccc(O)cc1. The molecule has 1 aromatic rings. The molecule has 3 nitrogen and oxygen atoms in total. The summed E-state index contributed by atoms with van der Waals surface area (Å²) in [5.74, 6) is 5.62. The zero-order valence-electron chi connectivity index (χ0n) is 7.12. The van der Waals surface area contributed by atoms with Gasteiger partial charge in [0, 0.05) is 6.04 Å². The van der Waals surface area contributed by atoms with E-state index >= 15 is 0 Å². The number of nitrogens with two attached hydrogens (primary N) is 1. The Kier molecular flexibility index (Phi) is 3.08. The summed E-state index contributed by atoms with van der Waals surface area (Å²) < 4.78 is 0. The number of phenols is 1. The van der Waals surface area contributed by atoms with Crippen LogP contribution in [0.25, 0.3) is 0 Å². The number of benzene rings is 1. The van der Waals surface area contributed by atoms with Crippen molar-refractivity contribution in [2.75, 3.05) is 0 Å². The summed E-state index contributed by atoms with van der Waals surface area (Å²) in [6.45, 7) is 2.05. The fourth-order valence-corrected chi connectivity index (χ4v) is 1.16. The molecule has 0 fully saturated rings. The van der Waals surface area contributed by atoms with E-state index < -0.39 is 0 Å². The van der Waals surface area contributed by atoms with E-state index in [1.54, 1.807) is 12.1 Å². The lowest BCUT2D eigenvalue weighted by atomic mass is 10.1. The summed E-state index contributed by atoms with van der Waals surface area (Å²) in [5, 5.41) is 9.03. The first kappa shape index (κ1) is 9.03. The van der Waals surface area contributed by atoms with Crippen molar-refractivity contribution >= 4 is 0 Å². The van der Waals surface area contributed by atoms with Crippen LogP contribution in [0, 0.1) is 0 Å². The average molecular weight is 166 g/mol. The minimum absolute atomic E-state index is 0.172. The molecule has 0 spiro atoms. The van der Waals surface area contributed by atoms with Crippen LogP contribution in [0.1, 0.15) is 24.9 Å². The second-order valence-electron chi connectivity index (χ2n) is 2.72. The van der Waals surface area contributed by atoms with Gasteiger partial charge in [-0.05, 0) is 24.1 Å². The summed E-state index contributed by atoms with van der Waals surface area (Å²) in [7, 11) is 0. The fraction of sp³-hybridized carbons (Fsp3) is 0.333. The maximum atomic E-state index is 9.03. The number of phenolic OH excluding ortho intramolecular Hbond substituents is 1. The third kappa shape index (κ3) is 1.96. The summed E-state index contributed by atoms with van der Waals surface area (Å²) in [6.07, 6.45) is 0.932. The van der Waals surface area contributed by atoms with Crippen molar-refractivity contribution in [1.82, 2.24) is 5.43 Å². The Balaban J connectivity index is 2.80. The molecule has 12 heavy (non-hydrogen) atoms. The molecule has 0 aromatic heterocycles. The fourth-order valence-electron chi connectivity index (χ4n) is 1.16. The van der Waals surface area contributed by atoms with Gasteiger partial charge in [0.1, 0.15) is 5.75 Å². The van der Waals surface area contributed by atoms with E-state index in [2.05, 4.69) is 12.3 Å². The van der Waals surface area contributed by atoms with Gasteiger partial charge in [-0.3, -0.25) is 11.3 Å². The normalized spacial score (nSPS) is 12.8. The minimum atomic E-state index is 0.172. The third-order valence-corrected chi connectivity index (χ3v) is 1.90. The van der Waals surface area contributed by atoms with E-state index in [0.717, 1.165) is 12.0 Å². The highest BCUT2D eigenvalue weighted by Gasteiger charge is 2.05. The van der Waals surface area contributed by atoms with Crippen molar-refractivity contribution in [3.05, 3.63) is 29.8 Å². The average Bonchev–Trinajstić information content (AvgIpc) is 2.10. The monoisotopic (exact) mass is 166 g/mol. The first-order valence-corrected chi connectivity index (χ1v) is 4.03. The van der Waals surface area contributed by atoms with Gasteiger partial charge in [0.25, 0.3) is 0 Å². The molecule has 0 aliphatic carbocycles. The number of hydrogen-bond donors (Lipinski definition) is 3. The quantitative estimate of drug-likeness (QED) is 0.468. The van der Waals surface area contributed by atoms with E-state index in [-0.39, 0.29) is 11.8 Å². The molecule has 0 aliphatic rings. The maximum absolute atomic E-state index is 9.03. The predicted molar refractivity (Wildman–Crippen MR) is 48.5 cm³/mol. The first-order chi connectivity index (χ1) is 5.77. The molecule has 0 amide bonds. The Bertz CT molecular complexity index is 229. The van der Waals surface area contributed by atoms with Gasteiger partial charge in [0.15, 0.2) is 0 Å². The summed E-state index contributed by atoms with van der Waals surface area (Å²) in [5.41, 5.74) is 3.80. The Hall–Kier alpha value is -1.06. The van der Waals surface area contributed by atoms with Crippen LogP contribution in [0.15, 0.2) is 24.3 Å². The van der Waals surface area contributed by atoms with Crippen LogP contribution in [-0.2, 0) is 0 Å². The Morgan fingerprint density at radius 2 is 2.00 bits per heavy atom. The Morgan fingerprint density at radius 1 is 1.42 bits per heavy atom. The molecule has 1 atom stereocenters. The molecular weight excluding hydrogens is 152 g/mol. The van der Waals surface area contributed by atoms with Crippen molar-refractivity contribution in [2.45, 2.75) is 19.4 Å². The van der Waals surface area contributed by atoms with Gasteiger partial charge in [0.2, 0.25) is 0 Å². The molecule has 1 rings (SSSR count). The number of aromatic hydroxyl groups is 1. The van der Waals surface area contributed by atoms with Gasteiger partial charge < -0.3 is 5.11 Å². The summed E-state index contributed by atoms with van der Waals surface area (Å²) >= 11 is 0. The molecule has 0 unspecified atom stereocenters. The van der Waals surface area contributed by atoms with E-state index in [1.807, 2.05) is 12.1 Å². The van der Waals surface area contributed by atoms with Crippen LogP contribution in [0.2, 0.25) is 0 Å². The van der Waals surface area contributed by atoms with Crippen molar-refractivity contribution in [1.29, 1.82) is 0 Å². The van der Waals surface area contributed by atoms with E-state index in [0.29, 0.717) is 0 Å². The van der Waals surface area contributed by atoms with E-state index in [9.17, 15) is 0 Å².